The van der Waals surface area contributed by atoms with Crippen molar-refractivity contribution in [1.82, 2.24) is 4.31 Å². The van der Waals surface area contributed by atoms with E-state index >= 15 is 22.0 Å². The molecule has 0 radical (unpaired) electrons. The summed E-state index contributed by atoms with van der Waals surface area (Å²) in [6.45, 7) is 19.6. The molecule has 2 nitrogen and oxygen atoms in total. The first-order chi connectivity index (χ1) is 23.9. The van der Waals surface area contributed by atoms with Gasteiger partial charge in [-0.3, -0.25) is 0 Å². The van der Waals surface area contributed by atoms with Gasteiger partial charge >= 0.3 is 0 Å². The van der Waals surface area contributed by atoms with Crippen molar-refractivity contribution in [3.05, 3.63) is 140 Å². The lowest BCUT2D eigenvalue weighted by Gasteiger charge is -2.35. The normalized spacial score (nSPS) is 14.5. The maximum atomic E-state index is 16.4. The molecular formula is C42H46F6N2S. The quantitative estimate of drug-likeness (QED) is 0.125. The molecule has 0 fully saturated rings. The summed E-state index contributed by atoms with van der Waals surface area (Å²) in [4.78, 5) is 1.44. The summed E-state index contributed by atoms with van der Waals surface area (Å²) >= 11 is 0.599. The third kappa shape index (κ3) is 7.75. The fourth-order valence-electron chi connectivity index (χ4n) is 6.78. The van der Waals surface area contributed by atoms with Crippen LogP contribution in [0.4, 0.5) is 32.0 Å². The first kappa shape index (κ1) is 38.5. The SMILES string of the molecule is C=C(CN1Cc2c(F)cc(F)cc2C(F)(F)c2c(C)c(C)c(F)c(F)c2S1)N(Cc1cc(CCC)cc(C(C)(C)C)c1)c1ccc(C)cc1CC. The van der Waals surface area contributed by atoms with Crippen molar-refractivity contribution in [3.8, 4) is 0 Å². The Morgan fingerprint density at radius 3 is 2.24 bits per heavy atom. The smallest absolute Gasteiger partial charge is 0.300 e. The topological polar surface area (TPSA) is 6.48 Å². The molecule has 0 spiro atoms. The Hall–Kier alpha value is -3.69. The molecule has 0 saturated carbocycles. The van der Waals surface area contributed by atoms with Crippen LogP contribution in [0.2, 0.25) is 0 Å². The number of alkyl halides is 2. The molecule has 4 aromatic rings. The maximum absolute atomic E-state index is 16.4. The molecule has 0 N–H and O–H groups in total. The molecule has 0 atom stereocenters. The number of hydrogen-bond acceptors (Lipinski definition) is 3. The Morgan fingerprint density at radius 2 is 1.59 bits per heavy atom. The van der Waals surface area contributed by atoms with E-state index in [0.717, 1.165) is 41.6 Å². The molecule has 9 heteroatoms. The molecule has 0 bridgehead atoms. The number of nitrogens with zero attached hydrogens (tertiary/aromatic N) is 2. The van der Waals surface area contributed by atoms with Crippen molar-refractivity contribution in [3.63, 3.8) is 0 Å². The van der Waals surface area contributed by atoms with Gasteiger partial charge in [-0.2, -0.15) is 8.78 Å². The summed E-state index contributed by atoms with van der Waals surface area (Å²) < 4.78 is 95.3. The third-order valence-corrected chi connectivity index (χ3v) is 10.8. The van der Waals surface area contributed by atoms with Crippen LogP contribution < -0.4 is 4.90 Å². The summed E-state index contributed by atoms with van der Waals surface area (Å²) in [5, 5.41) is 0. The number of hydrogen-bond donors (Lipinski definition) is 0. The van der Waals surface area contributed by atoms with Crippen LogP contribution in [0, 0.1) is 44.0 Å². The van der Waals surface area contributed by atoms with Crippen molar-refractivity contribution >= 4 is 17.6 Å². The molecule has 4 aromatic carbocycles. The molecule has 0 aromatic heterocycles. The summed E-state index contributed by atoms with van der Waals surface area (Å²) in [5.41, 5.74) is 4.28. The van der Waals surface area contributed by atoms with Gasteiger partial charge in [0.15, 0.2) is 11.6 Å². The van der Waals surface area contributed by atoms with E-state index in [1.54, 1.807) is 0 Å². The monoisotopic (exact) mass is 724 g/mol. The van der Waals surface area contributed by atoms with Crippen molar-refractivity contribution in [2.75, 3.05) is 11.4 Å². The minimum Gasteiger partial charge on any atom is -0.340 e. The zero-order valence-electron chi connectivity index (χ0n) is 30.6. The van der Waals surface area contributed by atoms with Gasteiger partial charge in [0, 0.05) is 53.8 Å². The number of anilines is 1. The molecular weight excluding hydrogens is 679 g/mol. The Bertz CT molecular complexity index is 1980. The van der Waals surface area contributed by atoms with E-state index in [4.69, 9.17) is 0 Å². The molecule has 0 amide bonds. The van der Waals surface area contributed by atoms with E-state index in [1.807, 2.05) is 19.1 Å². The second-order valence-corrected chi connectivity index (χ2v) is 15.7. The van der Waals surface area contributed by atoms with Gasteiger partial charge in [-0.1, -0.05) is 83.5 Å². The molecule has 0 aliphatic carbocycles. The van der Waals surface area contributed by atoms with Crippen LogP contribution in [0.15, 0.2) is 65.7 Å². The molecule has 1 heterocycles. The highest BCUT2D eigenvalue weighted by Gasteiger charge is 2.45. The van der Waals surface area contributed by atoms with Crippen LogP contribution in [-0.4, -0.2) is 10.8 Å². The van der Waals surface area contributed by atoms with Gasteiger partial charge in [-0.25, -0.2) is 21.9 Å². The number of aryl methyl sites for hydroxylation is 3. The summed E-state index contributed by atoms with van der Waals surface area (Å²) in [6, 6.07) is 13.9. The third-order valence-electron chi connectivity index (χ3n) is 9.70. The first-order valence-electron chi connectivity index (χ1n) is 17.3. The Balaban J connectivity index is 1.66. The second-order valence-electron chi connectivity index (χ2n) is 14.6. The van der Waals surface area contributed by atoms with E-state index in [1.165, 1.54) is 29.3 Å². The van der Waals surface area contributed by atoms with E-state index in [0.29, 0.717) is 36.3 Å². The molecule has 1 aliphatic heterocycles. The summed E-state index contributed by atoms with van der Waals surface area (Å²) in [5.74, 6) is -9.01. The van der Waals surface area contributed by atoms with Crippen LogP contribution in [-0.2, 0) is 37.3 Å². The molecule has 0 unspecified atom stereocenters. The predicted octanol–water partition coefficient (Wildman–Crippen LogP) is 12.2. The summed E-state index contributed by atoms with van der Waals surface area (Å²) in [7, 11) is 0. The highest BCUT2D eigenvalue weighted by Crippen LogP contribution is 2.50. The Labute approximate surface area is 302 Å². The standard InChI is InChI=1S/C42H46F6N2S/c1-10-12-28-16-29(18-31(17-28)41(7,8)9)22-50(36-14-13-24(3)15-30(36)11-2)25(4)21-49-23-33-34(19-32(43)20-35(33)44)42(47,48)37-26(5)27(6)38(45)39(46)40(37)51-49/h13-20H,4,10-12,21-23H2,1-3,5-9H3. The van der Waals surface area contributed by atoms with Crippen molar-refractivity contribution in [2.45, 2.75) is 104 Å². The zero-order chi connectivity index (χ0) is 37.6. The van der Waals surface area contributed by atoms with E-state index in [-0.39, 0.29) is 23.1 Å². The fourth-order valence-corrected chi connectivity index (χ4v) is 7.99. The van der Waals surface area contributed by atoms with Crippen molar-refractivity contribution < 1.29 is 26.3 Å². The highest BCUT2D eigenvalue weighted by molar-refractivity contribution is 7.97. The number of benzene rings is 4. The predicted molar refractivity (Wildman–Crippen MR) is 196 cm³/mol. The number of fused-ring (bicyclic) bond motifs is 2. The van der Waals surface area contributed by atoms with Crippen LogP contribution in [0.1, 0.15) is 96.7 Å². The minimum absolute atomic E-state index is 0.0439. The Morgan fingerprint density at radius 1 is 0.902 bits per heavy atom. The highest BCUT2D eigenvalue weighted by atomic mass is 32.2. The van der Waals surface area contributed by atoms with Crippen molar-refractivity contribution in [2.24, 2.45) is 0 Å². The number of rotatable bonds is 9. The average molecular weight is 725 g/mol. The lowest BCUT2D eigenvalue weighted by atomic mass is 9.84. The maximum Gasteiger partial charge on any atom is 0.300 e. The van der Waals surface area contributed by atoms with Gasteiger partial charge in [0.1, 0.15) is 11.6 Å². The van der Waals surface area contributed by atoms with E-state index < -0.39 is 57.3 Å². The average Bonchev–Trinajstić information content (AvgIpc) is 3.05. The van der Waals surface area contributed by atoms with Crippen molar-refractivity contribution in [1.29, 1.82) is 0 Å². The van der Waals surface area contributed by atoms with Gasteiger partial charge in [-0.15, -0.1) is 0 Å². The van der Waals surface area contributed by atoms with Crippen LogP contribution in [0.3, 0.4) is 0 Å². The molecule has 0 saturated heterocycles. The van der Waals surface area contributed by atoms with Gasteiger partial charge in [0.05, 0.1) is 4.90 Å². The first-order valence-corrected chi connectivity index (χ1v) is 18.1. The lowest BCUT2D eigenvalue weighted by Crippen LogP contribution is -2.33. The zero-order valence-corrected chi connectivity index (χ0v) is 31.5. The van der Waals surface area contributed by atoms with Gasteiger partial charge in [0.25, 0.3) is 5.92 Å². The molecule has 51 heavy (non-hydrogen) atoms. The second kappa shape index (κ2) is 14.7. The summed E-state index contributed by atoms with van der Waals surface area (Å²) in [6.07, 6.45) is 2.61. The number of halogens is 6. The Kier molecular flexibility index (Phi) is 11.1. The molecule has 272 valence electrons. The minimum atomic E-state index is -4.01. The van der Waals surface area contributed by atoms with Gasteiger partial charge in [-0.05, 0) is 96.5 Å². The lowest BCUT2D eigenvalue weighted by molar-refractivity contribution is 0.0354. The largest absolute Gasteiger partial charge is 0.340 e. The van der Waals surface area contributed by atoms with Crippen LogP contribution >= 0.6 is 11.9 Å². The van der Waals surface area contributed by atoms with Gasteiger partial charge < -0.3 is 4.90 Å². The van der Waals surface area contributed by atoms with E-state index in [9.17, 15) is 4.39 Å². The fraction of sp³-hybridized carbons (Fsp3) is 0.381. The van der Waals surface area contributed by atoms with Crippen LogP contribution in [0.25, 0.3) is 0 Å². The van der Waals surface area contributed by atoms with E-state index in [2.05, 4.69) is 70.4 Å². The molecule has 5 rings (SSSR count). The van der Waals surface area contributed by atoms with Crippen LogP contribution in [0.5, 0.6) is 0 Å². The molecule has 1 aliphatic rings. The van der Waals surface area contributed by atoms with Gasteiger partial charge in [0.2, 0.25) is 0 Å².